The lowest BCUT2D eigenvalue weighted by Gasteiger charge is -2.34. The van der Waals surface area contributed by atoms with Crippen molar-refractivity contribution in [2.45, 2.75) is 18.1 Å². The summed E-state index contributed by atoms with van der Waals surface area (Å²) >= 11 is 7.26. The van der Waals surface area contributed by atoms with E-state index >= 15 is 0 Å². The highest BCUT2D eigenvalue weighted by Crippen LogP contribution is 2.25. The summed E-state index contributed by atoms with van der Waals surface area (Å²) in [5.41, 5.74) is 1.32. The summed E-state index contributed by atoms with van der Waals surface area (Å²) in [6.45, 7) is 6.96. The molecule has 32 heavy (non-hydrogen) atoms. The summed E-state index contributed by atoms with van der Waals surface area (Å²) in [5, 5.41) is 2.12. The molecule has 2 aliphatic rings. The van der Waals surface area contributed by atoms with Crippen LogP contribution in [0.1, 0.15) is 4.88 Å². The average molecular weight is 495 g/mol. The molecule has 4 heterocycles. The number of morpholine rings is 1. The van der Waals surface area contributed by atoms with Gasteiger partial charge in [-0.2, -0.15) is 4.31 Å². The number of aromatic nitrogens is 1. The summed E-state index contributed by atoms with van der Waals surface area (Å²) in [7, 11) is -3.58. The van der Waals surface area contributed by atoms with Crippen molar-refractivity contribution >= 4 is 44.7 Å². The molecule has 0 saturated carbocycles. The topological polar surface area (TPSA) is 71.2 Å². The zero-order chi connectivity index (χ0) is 22.1. The van der Waals surface area contributed by atoms with Crippen LogP contribution in [0.25, 0.3) is 11.1 Å². The fourth-order valence-corrected chi connectivity index (χ4v) is 6.60. The molecular weight excluding hydrogens is 468 g/mol. The van der Waals surface area contributed by atoms with Gasteiger partial charge < -0.3 is 9.15 Å². The Morgan fingerprint density at radius 3 is 2.47 bits per heavy atom. The molecule has 1 aromatic carbocycles. The zero-order valence-corrected chi connectivity index (χ0v) is 20.1. The van der Waals surface area contributed by atoms with Crippen LogP contribution in [0.15, 0.2) is 45.0 Å². The maximum Gasteiger partial charge on any atom is 0.270 e. The molecule has 0 radical (unpaired) electrons. The van der Waals surface area contributed by atoms with Crippen molar-refractivity contribution in [3.05, 3.63) is 45.4 Å². The van der Waals surface area contributed by atoms with E-state index in [2.05, 4.69) is 27.3 Å². The predicted molar refractivity (Wildman–Crippen MR) is 126 cm³/mol. The Labute approximate surface area is 196 Å². The molecule has 2 saturated heterocycles. The van der Waals surface area contributed by atoms with Gasteiger partial charge in [0.25, 0.3) is 4.84 Å². The molecule has 3 aromatic rings. The van der Waals surface area contributed by atoms with Crippen LogP contribution in [0.5, 0.6) is 0 Å². The quantitative estimate of drug-likeness (QED) is 0.488. The third kappa shape index (κ3) is 4.56. The fourth-order valence-electron chi connectivity index (χ4n) is 4.18. The van der Waals surface area contributed by atoms with Crippen LogP contribution < -0.4 is 0 Å². The lowest BCUT2D eigenvalue weighted by Crippen LogP contribution is -2.46. The summed E-state index contributed by atoms with van der Waals surface area (Å²) in [6, 6.07) is 9.26. The molecule has 0 unspecified atom stereocenters. The molecule has 2 aliphatic heterocycles. The normalized spacial score (nSPS) is 19.6. The Morgan fingerprint density at radius 1 is 1.00 bits per heavy atom. The number of nitrogens with zero attached hydrogens (tertiary/aromatic N) is 4. The van der Waals surface area contributed by atoms with E-state index in [4.69, 9.17) is 21.4 Å². The molecule has 0 N–H and O–H groups in total. The van der Waals surface area contributed by atoms with Crippen molar-refractivity contribution in [1.29, 1.82) is 0 Å². The largest absolute Gasteiger partial charge is 0.429 e. The van der Waals surface area contributed by atoms with Crippen LogP contribution in [0.4, 0.5) is 0 Å². The van der Waals surface area contributed by atoms with Crippen molar-refractivity contribution in [2.75, 3.05) is 52.5 Å². The van der Waals surface area contributed by atoms with E-state index in [9.17, 15) is 8.42 Å². The fraction of sp³-hybridized carbons (Fsp3) is 0.476. The van der Waals surface area contributed by atoms with E-state index in [-0.39, 0.29) is 4.90 Å². The van der Waals surface area contributed by atoms with Crippen molar-refractivity contribution in [2.24, 2.45) is 0 Å². The van der Waals surface area contributed by atoms with Gasteiger partial charge in [0.15, 0.2) is 5.58 Å². The smallest absolute Gasteiger partial charge is 0.270 e. The molecule has 0 spiro atoms. The third-order valence-corrected chi connectivity index (χ3v) is 9.07. The van der Waals surface area contributed by atoms with Gasteiger partial charge in [0, 0.05) is 50.7 Å². The Kier molecular flexibility index (Phi) is 6.48. The van der Waals surface area contributed by atoms with Gasteiger partial charge in [0.05, 0.1) is 30.3 Å². The second kappa shape index (κ2) is 9.34. The van der Waals surface area contributed by atoms with Crippen LogP contribution in [0.2, 0.25) is 0 Å². The van der Waals surface area contributed by atoms with Crippen LogP contribution in [0.3, 0.4) is 0 Å². The third-order valence-electron chi connectivity index (χ3n) is 6.01. The summed E-state index contributed by atoms with van der Waals surface area (Å²) in [6.07, 6.45) is 0. The lowest BCUT2D eigenvalue weighted by molar-refractivity contribution is 0.0730. The molecule has 5 rings (SSSR count). The van der Waals surface area contributed by atoms with Crippen molar-refractivity contribution in [3.63, 3.8) is 0 Å². The lowest BCUT2D eigenvalue weighted by atomic mass is 10.3. The maximum absolute atomic E-state index is 13.1. The van der Waals surface area contributed by atoms with E-state index in [1.165, 1.54) is 9.18 Å². The van der Waals surface area contributed by atoms with Crippen LogP contribution >= 0.6 is 23.6 Å². The number of oxazole rings is 1. The average Bonchev–Trinajstić information content (AvgIpc) is 3.43. The minimum Gasteiger partial charge on any atom is -0.429 e. The Bertz CT molecular complexity index is 1220. The minimum atomic E-state index is -3.58. The van der Waals surface area contributed by atoms with Gasteiger partial charge in [-0.1, -0.05) is 6.07 Å². The minimum absolute atomic E-state index is 0.261. The molecular formula is C21H26N4O4S3. The number of fused-ring (bicyclic) bond motifs is 1. The maximum atomic E-state index is 13.1. The summed E-state index contributed by atoms with van der Waals surface area (Å²) in [4.78, 5) is 6.80. The van der Waals surface area contributed by atoms with Crippen LogP contribution in [-0.4, -0.2) is 79.6 Å². The molecule has 8 nitrogen and oxygen atoms in total. The van der Waals surface area contributed by atoms with Gasteiger partial charge in [0.2, 0.25) is 10.0 Å². The molecule has 2 fully saturated rings. The molecule has 0 atom stereocenters. The number of benzene rings is 1. The molecule has 2 aromatic heterocycles. The molecule has 11 heteroatoms. The van der Waals surface area contributed by atoms with E-state index in [0.29, 0.717) is 48.9 Å². The Balaban J connectivity index is 1.32. The van der Waals surface area contributed by atoms with E-state index < -0.39 is 10.0 Å². The summed E-state index contributed by atoms with van der Waals surface area (Å²) < 4.78 is 40.6. The van der Waals surface area contributed by atoms with Gasteiger partial charge in [-0.15, -0.1) is 11.3 Å². The number of hydrogen-bond acceptors (Lipinski definition) is 8. The molecule has 0 amide bonds. The number of rotatable bonds is 6. The van der Waals surface area contributed by atoms with Crippen LogP contribution in [-0.2, 0) is 28.0 Å². The second-order valence-corrected chi connectivity index (χ2v) is 11.4. The standard InChI is InChI=1S/C21H26N4O4S3/c26-32(27,24-9-11-28-12-10-24)18-3-4-20-19(14-18)25(21(30)29-20)16-23-7-5-22(6-8-23)15-17-2-1-13-31-17/h1-4,13-14H,5-12,15-16H2. The first-order valence-corrected chi connectivity index (χ1v) is 13.4. The van der Waals surface area contributed by atoms with E-state index in [1.54, 1.807) is 29.5 Å². The van der Waals surface area contributed by atoms with E-state index in [0.717, 1.165) is 32.7 Å². The second-order valence-electron chi connectivity index (χ2n) is 8.06. The van der Waals surface area contributed by atoms with Crippen molar-refractivity contribution in [3.8, 4) is 0 Å². The van der Waals surface area contributed by atoms with Gasteiger partial charge in [-0.05, 0) is 41.9 Å². The van der Waals surface area contributed by atoms with Crippen molar-refractivity contribution < 1.29 is 17.6 Å². The number of thiophene rings is 1. The van der Waals surface area contributed by atoms with Crippen LogP contribution in [0, 0.1) is 4.84 Å². The highest BCUT2D eigenvalue weighted by atomic mass is 32.2. The Hall–Kier alpha value is -1.60. The highest BCUT2D eigenvalue weighted by Gasteiger charge is 2.27. The van der Waals surface area contributed by atoms with Gasteiger partial charge in [-0.3, -0.25) is 14.4 Å². The first kappa shape index (κ1) is 22.2. The SMILES string of the molecule is O=S(=O)(c1ccc2oc(=S)n(CN3CCN(Cc4cccs4)CC3)c2c1)N1CCOCC1. The van der Waals surface area contributed by atoms with Gasteiger partial charge >= 0.3 is 0 Å². The first-order chi connectivity index (χ1) is 15.5. The Morgan fingerprint density at radius 2 is 1.75 bits per heavy atom. The molecule has 0 aliphatic carbocycles. The van der Waals surface area contributed by atoms with E-state index in [1.807, 2.05) is 4.57 Å². The highest BCUT2D eigenvalue weighted by molar-refractivity contribution is 7.89. The van der Waals surface area contributed by atoms with Crippen molar-refractivity contribution in [1.82, 2.24) is 18.7 Å². The predicted octanol–water partition coefficient (Wildman–Crippen LogP) is 2.82. The molecule has 0 bridgehead atoms. The van der Waals surface area contributed by atoms with Gasteiger partial charge in [0.1, 0.15) is 0 Å². The number of piperazine rings is 1. The zero-order valence-electron chi connectivity index (χ0n) is 17.7. The molecule has 172 valence electrons. The summed E-state index contributed by atoms with van der Waals surface area (Å²) in [5.74, 6) is 0. The van der Waals surface area contributed by atoms with Gasteiger partial charge in [-0.25, -0.2) is 8.42 Å². The number of hydrogen-bond donors (Lipinski definition) is 0. The monoisotopic (exact) mass is 494 g/mol. The number of sulfonamides is 1. The first-order valence-electron chi connectivity index (χ1n) is 10.7. The number of ether oxygens (including phenoxy) is 1.